The molecule has 1 atom stereocenters. The third-order valence-electron chi connectivity index (χ3n) is 4.71. The molecule has 2 heterocycles. The van der Waals surface area contributed by atoms with Crippen LogP contribution in [-0.2, 0) is 11.3 Å². The van der Waals surface area contributed by atoms with E-state index in [0.717, 1.165) is 45.4 Å². The van der Waals surface area contributed by atoms with Gasteiger partial charge in [-0.2, -0.15) is 5.10 Å². The summed E-state index contributed by atoms with van der Waals surface area (Å²) in [5.74, 6) is 0.696. The number of likely N-dealkylation sites (N-methyl/N-ethyl adjacent to an activating group) is 1. The Morgan fingerprint density at radius 3 is 2.86 bits per heavy atom. The van der Waals surface area contributed by atoms with Crippen LogP contribution in [0.4, 0.5) is 0 Å². The van der Waals surface area contributed by atoms with Crippen LogP contribution in [0.5, 0.6) is 0 Å². The van der Waals surface area contributed by atoms with Crippen molar-refractivity contribution in [2.45, 2.75) is 45.2 Å². The van der Waals surface area contributed by atoms with Gasteiger partial charge in [0.15, 0.2) is 0 Å². The highest BCUT2D eigenvalue weighted by Gasteiger charge is 2.35. The second-order valence-corrected chi connectivity index (χ2v) is 6.60. The highest BCUT2D eigenvalue weighted by molar-refractivity contribution is 5.81. The molecule has 0 bridgehead atoms. The fraction of sp³-hybridized carbons (Fsp3) is 0.750. The zero-order valence-electron chi connectivity index (χ0n) is 13.2. The topological polar surface area (TPSA) is 41.4 Å². The maximum absolute atomic E-state index is 12.2. The summed E-state index contributed by atoms with van der Waals surface area (Å²) in [7, 11) is 1.99. The van der Waals surface area contributed by atoms with Crippen LogP contribution in [0.25, 0.3) is 0 Å². The van der Waals surface area contributed by atoms with Crippen LogP contribution < -0.4 is 0 Å². The maximum Gasteiger partial charge on any atom is 0.225 e. The second kappa shape index (κ2) is 6.18. The highest BCUT2D eigenvalue weighted by Crippen LogP contribution is 2.32. The monoisotopic (exact) mass is 290 g/mol. The average molecular weight is 290 g/mol. The van der Waals surface area contributed by atoms with E-state index in [1.165, 1.54) is 12.0 Å². The van der Waals surface area contributed by atoms with Crippen molar-refractivity contribution in [3.8, 4) is 0 Å². The Bertz CT molecular complexity index is 494. The van der Waals surface area contributed by atoms with Crippen LogP contribution in [0.2, 0.25) is 0 Å². The van der Waals surface area contributed by atoms with E-state index in [0.29, 0.717) is 17.9 Å². The number of carbonyl (C=O) groups is 1. The van der Waals surface area contributed by atoms with Crippen LogP contribution >= 0.6 is 0 Å². The summed E-state index contributed by atoms with van der Waals surface area (Å²) in [4.78, 5) is 16.7. The molecule has 21 heavy (non-hydrogen) atoms. The molecule has 1 aromatic rings. The SMILES string of the molecule is Cc1cnn(CCN2CCCC(N(C)C(=O)C3CC3)C2)c1. The van der Waals surface area contributed by atoms with Crippen molar-refractivity contribution in [3.63, 3.8) is 0 Å². The molecule has 2 fully saturated rings. The van der Waals surface area contributed by atoms with Gasteiger partial charge in [0.1, 0.15) is 0 Å². The summed E-state index contributed by atoms with van der Waals surface area (Å²) >= 11 is 0. The Hall–Kier alpha value is -1.36. The van der Waals surface area contributed by atoms with Gasteiger partial charge in [0.25, 0.3) is 0 Å². The normalized spacial score (nSPS) is 23.2. The van der Waals surface area contributed by atoms with E-state index >= 15 is 0 Å². The van der Waals surface area contributed by atoms with Gasteiger partial charge >= 0.3 is 0 Å². The van der Waals surface area contributed by atoms with E-state index in [1.54, 1.807) is 0 Å². The summed E-state index contributed by atoms with van der Waals surface area (Å²) in [6.45, 7) is 6.17. The standard InChI is InChI=1S/C16H26N4O/c1-13-10-17-20(11-13)9-8-19-7-3-4-15(12-19)18(2)16(21)14-5-6-14/h10-11,14-15H,3-9,12H2,1-2H3. The number of aromatic nitrogens is 2. The highest BCUT2D eigenvalue weighted by atomic mass is 16.2. The molecule has 1 amide bonds. The van der Waals surface area contributed by atoms with Gasteiger partial charge in [-0.25, -0.2) is 0 Å². The minimum Gasteiger partial charge on any atom is -0.341 e. The van der Waals surface area contributed by atoms with E-state index in [-0.39, 0.29) is 0 Å². The van der Waals surface area contributed by atoms with Crippen LogP contribution in [0.1, 0.15) is 31.2 Å². The second-order valence-electron chi connectivity index (χ2n) is 6.60. The summed E-state index contributed by atoms with van der Waals surface area (Å²) in [6.07, 6.45) is 8.51. The first-order chi connectivity index (χ1) is 10.1. The first-order valence-corrected chi connectivity index (χ1v) is 8.11. The van der Waals surface area contributed by atoms with Crippen molar-refractivity contribution >= 4 is 5.91 Å². The van der Waals surface area contributed by atoms with Crippen LogP contribution in [0.3, 0.4) is 0 Å². The van der Waals surface area contributed by atoms with Crippen molar-refractivity contribution in [1.82, 2.24) is 19.6 Å². The lowest BCUT2D eigenvalue weighted by atomic mass is 10.0. The molecule has 0 spiro atoms. The van der Waals surface area contributed by atoms with Crippen molar-refractivity contribution in [2.75, 3.05) is 26.7 Å². The third kappa shape index (κ3) is 3.64. The van der Waals surface area contributed by atoms with Gasteiger partial charge in [0.2, 0.25) is 5.91 Å². The van der Waals surface area contributed by atoms with Gasteiger partial charge in [0.05, 0.1) is 12.7 Å². The first kappa shape index (κ1) is 14.6. The van der Waals surface area contributed by atoms with E-state index in [9.17, 15) is 4.79 Å². The zero-order chi connectivity index (χ0) is 14.8. The van der Waals surface area contributed by atoms with E-state index in [4.69, 9.17) is 0 Å². The van der Waals surface area contributed by atoms with Crippen molar-refractivity contribution in [3.05, 3.63) is 18.0 Å². The fourth-order valence-electron chi connectivity index (χ4n) is 3.18. The minimum atomic E-state index is 0.331. The number of aryl methyl sites for hydroxylation is 1. The molecule has 0 radical (unpaired) electrons. The molecule has 5 nitrogen and oxygen atoms in total. The fourth-order valence-corrected chi connectivity index (χ4v) is 3.18. The maximum atomic E-state index is 12.2. The Balaban J connectivity index is 1.49. The molecule has 0 aromatic carbocycles. The number of hydrogen-bond acceptors (Lipinski definition) is 3. The smallest absolute Gasteiger partial charge is 0.225 e. The minimum absolute atomic E-state index is 0.331. The van der Waals surface area contributed by atoms with Gasteiger partial charge in [-0.3, -0.25) is 14.4 Å². The van der Waals surface area contributed by atoms with Crippen LogP contribution in [-0.4, -0.2) is 58.2 Å². The molecule has 116 valence electrons. The summed E-state index contributed by atoms with van der Waals surface area (Å²) in [6, 6.07) is 0.395. The lowest BCUT2D eigenvalue weighted by Crippen LogP contribution is -2.49. The first-order valence-electron chi connectivity index (χ1n) is 8.11. The predicted octanol–water partition coefficient (Wildman–Crippen LogP) is 1.52. The van der Waals surface area contributed by atoms with Gasteiger partial charge < -0.3 is 4.90 Å². The predicted molar refractivity (Wildman–Crippen MR) is 81.9 cm³/mol. The Kier molecular flexibility index (Phi) is 4.29. The lowest BCUT2D eigenvalue weighted by molar-refractivity contribution is -0.134. The molecule has 1 aromatic heterocycles. The Morgan fingerprint density at radius 1 is 1.38 bits per heavy atom. The van der Waals surface area contributed by atoms with Gasteiger partial charge in [0, 0.05) is 38.3 Å². The summed E-state index contributed by atoms with van der Waals surface area (Å²) in [5, 5.41) is 4.34. The lowest BCUT2D eigenvalue weighted by Gasteiger charge is -2.37. The Morgan fingerprint density at radius 2 is 2.19 bits per heavy atom. The van der Waals surface area contributed by atoms with E-state index in [2.05, 4.69) is 23.1 Å². The number of hydrogen-bond donors (Lipinski definition) is 0. The molecule has 5 heteroatoms. The number of piperidine rings is 1. The van der Waals surface area contributed by atoms with Crippen LogP contribution in [0, 0.1) is 12.8 Å². The number of carbonyl (C=O) groups excluding carboxylic acids is 1. The van der Waals surface area contributed by atoms with Gasteiger partial charge in [-0.15, -0.1) is 0 Å². The molecule has 0 N–H and O–H groups in total. The van der Waals surface area contributed by atoms with Gasteiger partial charge in [-0.1, -0.05) is 0 Å². The molecular weight excluding hydrogens is 264 g/mol. The quantitative estimate of drug-likeness (QED) is 0.826. The summed E-state index contributed by atoms with van der Waals surface area (Å²) < 4.78 is 2.01. The molecule has 1 saturated carbocycles. The number of rotatable bonds is 5. The van der Waals surface area contributed by atoms with Crippen molar-refractivity contribution in [1.29, 1.82) is 0 Å². The van der Waals surface area contributed by atoms with Crippen LogP contribution in [0.15, 0.2) is 12.4 Å². The molecule has 1 aliphatic carbocycles. The molecular formula is C16H26N4O. The summed E-state index contributed by atoms with van der Waals surface area (Å²) in [5.41, 5.74) is 1.21. The van der Waals surface area contributed by atoms with Gasteiger partial charge in [-0.05, 0) is 44.7 Å². The van der Waals surface area contributed by atoms with E-state index in [1.807, 2.05) is 22.8 Å². The molecule has 1 saturated heterocycles. The third-order valence-corrected chi connectivity index (χ3v) is 4.71. The molecule has 3 rings (SSSR count). The molecule has 1 unspecified atom stereocenters. The molecule has 2 aliphatic rings. The van der Waals surface area contributed by atoms with Crippen molar-refractivity contribution < 1.29 is 4.79 Å². The Labute approximate surface area is 126 Å². The molecule has 1 aliphatic heterocycles. The number of likely N-dealkylation sites (tertiary alicyclic amines) is 1. The number of nitrogens with zero attached hydrogens (tertiary/aromatic N) is 4. The zero-order valence-corrected chi connectivity index (χ0v) is 13.2. The average Bonchev–Trinajstić information content (AvgIpc) is 3.26. The van der Waals surface area contributed by atoms with Crippen molar-refractivity contribution in [2.24, 2.45) is 5.92 Å². The largest absolute Gasteiger partial charge is 0.341 e. The van der Waals surface area contributed by atoms with E-state index < -0.39 is 0 Å². The number of amides is 1.